The highest BCUT2D eigenvalue weighted by Crippen LogP contribution is 2.31. The molecule has 3 aromatic carbocycles. The molecule has 0 N–H and O–H groups in total. The molecule has 0 saturated carbocycles. The van der Waals surface area contributed by atoms with Crippen molar-refractivity contribution in [3.05, 3.63) is 77.9 Å². The standard InChI is InChI=1S/C33H39N3O3/c1-24-15-16-27(21-25(24)2)36-31-22-29(17-18-30(31)34-33(36)26-11-6-4-7-12-26)39-20-9-5-8-14-32(37)35-19-10-13-28(35)23-38-3/h4,6-7,11-12,15-18,21-22,28H,5,8-10,13-14,19-20,23H2,1-3H3/t28-/m1/s1. The molecule has 1 aliphatic rings. The van der Waals surface area contributed by atoms with Crippen molar-refractivity contribution in [2.45, 2.75) is 58.4 Å². The third-order valence-electron chi connectivity index (χ3n) is 7.77. The van der Waals surface area contributed by atoms with E-state index >= 15 is 0 Å². The molecule has 6 heteroatoms. The lowest BCUT2D eigenvalue weighted by molar-refractivity contribution is -0.133. The normalized spacial score (nSPS) is 15.3. The Labute approximate surface area is 231 Å². The number of likely N-dealkylation sites (tertiary alicyclic amines) is 1. The molecule has 1 aromatic heterocycles. The zero-order chi connectivity index (χ0) is 27.2. The summed E-state index contributed by atoms with van der Waals surface area (Å²) in [4.78, 5) is 19.6. The van der Waals surface area contributed by atoms with Gasteiger partial charge in [-0.25, -0.2) is 4.98 Å². The van der Waals surface area contributed by atoms with Gasteiger partial charge in [0.1, 0.15) is 11.6 Å². The first-order chi connectivity index (χ1) is 19.0. The van der Waals surface area contributed by atoms with E-state index in [-0.39, 0.29) is 11.9 Å². The molecule has 0 bridgehead atoms. The highest BCUT2D eigenvalue weighted by Gasteiger charge is 2.27. The summed E-state index contributed by atoms with van der Waals surface area (Å²) in [6, 6.07) is 23.2. The molecule has 39 heavy (non-hydrogen) atoms. The Hall–Kier alpha value is -3.64. The minimum atomic E-state index is 0.250. The van der Waals surface area contributed by atoms with Gasteiger partial charge in [0.2, 0.25) is 5.91 Å². The first-order valence-corrected chi connectivity index (χ1v) is 14.1. The van der Waals surface area contributed by atoms with E-state index in [1.54, 1.807) is 7.11 Å². The van der Waals surface area contributed by atoms with E-state index in [9.17, 15) is 4.79 Å². The lowest BCUT2D eigenvalue weighted by Gasteiger charge is -2.24. The van der Waals surface area contributed by atoms with Gasteiger partial charge in [0.25, 0.3) is 0 Å². The van der Waals surface area contributed by atoms with Crippen LogP contribution in [-0.2, 0) is 9.53 Å². The maximum absolute atomic E-state index is 12.6. The van der Waals surface area contributed by atoms with E-state index in [0.717, 1.165) is 72.5 Å². The van der Waals surface area contributed by atoms with E-state index in [4.69, 9.17) is 14.5 Å². The molecule has 5 rings (SSSR count). The molecule has 1 atom stereocenters. The maximum atomic E-state index is 12.6. The van der Waals surface area contributed by atoms with Crippen LogP contribution in [0.15, 0.2) is 66.7 Å². The van der Waals surface area contributed by atoms with Crippen LogP contribution < -0.4 is 4.74 Å². The van der Waals surface area contributed by atoms with Gasteiger partial charge in [-0.15, -0.1) is 0 Å². The summed E-state index contributed by atoms with van der Waals surface area (Å²) in [6.45, 7) is 6.41. The van der Waals surface area contributed by atoms with Crippen molar-refractivity contribution < 1.29 is 14.3 Å². The van der Waals surface area contributed by atoms with Crippen LogP contribution in [0.4, 0.5) is 0 Å². The minimum absolute atomic E-state index is 0.250. The number of rotatable bonds is 11. The van der Waals surface area contributed by atoms with Crippen molar-refractivity contribution in [2.24, 2.45) is 0 Å². The van der Waals surface area contributed by atoms with Crippen molar-refractivity contribution in [1.29, 1.82) is 0 Å². The quantitative estimate of drug-likeness (QED) is 0.200. The fourth-order valence-electron chi connectivity index (χ4n) is 5.47. The van der Waals surface area contributed by atoms with Crippen LogP contribution in [0.1, 0.15) is 49.7 Å². The number of ether oxygens (including phenoxy) is 2. The van der Waals surface area contributed by atoms with Crippen molar-refractivity contribution >= 4 is 16.9 Å². The molecule has 1 saturated heterocycles. The Morgan fingerprint density at radius 2 is 1.82 bits per heavy atom. The molecule has 0 spiro atoms. The molecule has 1 amide bonds. The summed E-state index contributed by atoms with van der Waals surface area (Å²) in [7, 11) is 1.71. The first-order valence-electron chi connectivity index (χ1n) is 14.1. The van der Waals surface area contributed by atoms with E-state index < -0.39 is 0 Å². The van der Waals surface area contributed by atoms with E-state index in [2.05, 4.69) is 54.8 Å². The Bertz CT molecular complexity index is 1410. The second kappa shape index (κ2) is 12.5. The summed E-state index contributed by atoms with van der Waals surface area (Å²) < 4.78 is 13.7. The number of hydrogen-bond donors (Lipinski definition) is 0. The van der Waals surface area contributed by atoms with Gasteiger partial charge in [-0.3, -0.25) is 9.36 Å². The van der Waals surface area contributed by atoms with Gasteiger partial charge in [0.15, 0.2) is 0 Å². The van der Waals surface area contributed by atoms with E-state index in [0.29, 0.717) is 19.6 Å². The summed E-state index contributed by atoms with van der Waals surface area (Å²) in [5.74, 6) is 2.01. The Kier molecular flexibility index (Phi) is 8.62. The molecule has 2 heterocycles. The van der Waals surface area contributed by atoms with E-state index in [1.165, 1.54) is 11.1 Å². The van der Waals surface area contributed by atoms with Crippen LogP contribution in [0, 0.1) is 13.8 Å². The number of aromatic nitrogens is 2. The van der Waals surface area contributed by atoms with Crippen LogP contribution in [0.2, 0.25) is 0 Å². The third kappa shape index (κ3) is 6.17. The summed E-state index contributed by atoms with van der Waals surface area (Å²) in [5, 5.41) is 0. The zero-order valence-corrected chi connectivity index (χ0v) is 23.4. The highest BCUT2D eigenvalue weighted by atomic mass is 16.5. The molecule has 0 aliphatic carbocycles. The monoisotopic (exact) mass is 525 g/mol. The molecular formula is C33H39N3O3. The second-order valence-electron chi connectivity index (χ2n) is 10.6. The van der Waals surface area contributed by atoms with Crippen LogP contribution >= 0.6 is 0 Å². The number of amides is 1. The molecule has 0 unspecified atom stereocenters. The Morgan fingerprint density at radius 1 is 0.974 bits per heavy atom. The molecular weight excluding hydrogens is 486 g/mol. The van der Waals surface area contributed by atoms with Crippen molar-refractivity contribution in [3.63, 3.8) is 0 Å². The summed E-state index contributed by atoms with van der Waals surface area (Å²) >= 11 is 0. The third-order valence-corrected chi connectivity index (χ3v) is 7.77. The summed E-state index contributed by atoms with van der Waals surface area (Å²) in [6.07, 6.45) is 5.50. The van der Waals surface area contributed by atoms with E-state index in [1.807, 2.05) is 35.2 Å². The molecule has 0 radical (unpaired) electrons. The maximum Gasteiger partial charge on any atom is 0.222 e. The van der Waals surface area contributed by atoms with Crippen molar-refractivity contribution in [2.75, 3.05) is 26.9 Å². The fraction of sp³-hybridized carbons (Fsp3) is 0.394. The number of imidazole rings is 1. The molecule has 204 valence electrons. The average Bonchev–Trinajstić information content (AvgIpc) is 3.57. The van der Waals surface area contributed by atoms with Gasteiger partial charge < -0.3 is 14.4 Å². The number of methoxy groups -OCH3 is 1. The van der Waals surface area contributed by atoms with Crippen LogP contribution in [0.5, 0.6) is 5.75 Å². The van der Waals surface area contributed by atoms with Gasteiger partial charge in [-0.05, 0) is 81.3 Å². The molecule has 6 nitrogen and oxygen atoms in total. The van der Waals surface area contributed by atoms with Crippen molar-refractivity contribution in [1.82, 2.24) is 14.5 Å². The van der Waals surface area contributed by atoms with Gasteiger partial charge in [-0.1, -0.05) is 36.4 Å². The molecule has 1 aliphatic heterocycles. The zero-order valence-electron chi connectivity index (χ0n) is 23.4. The van der Waals surface area contributed by atoms with Crippen LogP contribution in [0.3, 0.4) is 0 Å². The number of aryl methyl sites for hydroxylation is 2. The first kappa shape index (κ1) is 26.9. The second-order valence-corrected chi connectivity index (χ2v) is 10.6. The smallest absolute Gasteiger partial charge is 0.222 e. The largest absolute Gasteiger partial charge is 0.494 e. The van der Waals surface area contributed by atoms with Gasteiger partial charge in [0, 0.05) is 37.4 Å². The number of fused-ring (bicyclic) bond motifs is 1. The Morgan fingerprint density at radius 3 is 2.62 bits per heavy atom. The number of hydrogen-bond acceptors (Lipinski definition) is 4. The summed E-state index contributed by atoms with van der Waals surface area (Å²) in [5.41, 5.74) is 6.64. The Balaban J connectivity index is 1.25. The SMILES string of the molecule is COC[C@H]1CCCN1C(=O)CCCCCOc1ccc2nc(-c3ccccc3)n(-c3ccc(C)c(C)c3)c2c1. The minimum Gasteiger partial charge on any atom is -0.494 e. The van der Waals surface area contributed by atoms with Gasteiger partial charge >= 0.3 is 0 Å². The highest BCUT2D eigenvalue weighted by molar-refractivity contribution is 5.84. The average molecular weight is 526 g/mol. The molecule has 4 aromatic rings. The number of unbranched alkanes of at least 4 members (excludes halogenated alkanes) is 2. The van der Waals surface area contributed by atoms with Gasteiger partial charge in [0.05, 0.1) is 30.3 Å². The number of carbonyl (C=O) groups is 1. The lowest BCUT2D eigenvalue weighted by atomic mass is 10.1. The topological polar surface area (TPSA) is 56.6 Å². The van der Waals surface area contributed by atoms with Crippen LogP contribution in [-0.4, -0.2) is 53.3 Å². The number of nitrogens with zero attached hydrogens (tertiary/aromatic N) is 3. The molecule has 1 fully saturated rings. The van der Waals surface area contributed by atoms with Crippen molar-refractivity contribution in [3.8, 4) is 22.8 Å². The fourth-order valence-corrected chi connectivity index (χ4v) is 5.47. The predicted octanol–water partition coefficient (Wildman–Crippen LogP) is 6.89. The van der Waals surface area contributed by atoms with Crippen LogP contribution in [0.25, 0.3) is 28.1 Å². The van der Waals surface area contributed by atoms with Gasteiger partial charge in [-0.2, -0.15) is 0 Å². The number of benzene rings is 3. The number of carbonyl (C=O) groups excluding carboxylic acids is 1. The lowest BCUT2D eigenvalue weighted by Crippen LogP contribution is -2.37. The predicted molar refractivity (Wildman–Crippen MR) is 157 cm³/mol.